The van der Waals surface area contributed by atoms with E-state index in [-0.39, 0.29) is 42.8 Å². The Kier molecular flexibility index (Phi) is 8.90. The van der Waals surface area contributed by atoms with Crippen molar-refractivity contribution in [3.63, 3.8) is 0 Å². The van der Waals surface area contributed by atoms with Crippen molar-refractivity contribution in [2.45, 2.75) is 71.5 Å². The zero-order valence-electron chi connectivity index (χ0n) is 17.4. The Morgan fingerprint density at radius 3 is 2.32 bits per heavy atom. The van der Waals surface area contributed by atoms with Gasteiger partial charge >= 0.3 is 0 Å². The van der Waals surface area contributed by atoms with Gasteiger partial charge in [0.1, 0.15) is 5.82 Å². The summed E-state index contributed by atoms with van der Waals surface area (Å²) in [5, 5.41) is 2.88. The van der Waals surface area contributed by atoms with Crippen LogP contribution in [-0.4, -0.2) is 53.3 Å². The van der Waals surface area contributed by atoms with Crippen molar-refractivity contribution in [3.05, 3.63) is 35.6 Å². The van der Waals surface area contributed by atoms with Gasteiger partial charge in [-0.1, -0.05) is 38.3 Å². The molecule has 156 valence electrons. The van der Waals surface area contributed by atoms with E-state index < -0.39 is 0 Å². The second-order valence-corrected chi connectivity index (χ2v) is 7.97. The minimum atomic E-state index is -0.271. The van der Waals surface area contributed by atoms with Gasteiger partial charge in [-0.15, -0.1) is 0 Å². The molecule has 1 saturated carbocycles. The van der Waals surface area contributed by atoms with E-state index in [4.69, 9.17) is 0 Å². The fourth-order valence-corrected chi connectivity index (χ4v) is 3.73. The van der Waals surface area contributed by atoms with Crippen LogP contribution in [0.5, 0.6) is 0 Å². The lowest BCUT2D eigenvalue weighted by Gasteiger charge is -2.36. The maximum absolute atomic E-state index is 13.2. The number of nitrogens with one attached hydrogen (secondary N) is 1. The minimum Gasteiger partial charge on any atom is -0.353 e. The molecule has 6 heteroatoms. The van der Waals surface area contributed by atoms with Gasteiger partial charge in [-0.25, -0.2) is 4.39 Å². The van der Waals surface area contributed by atoms with E-state index in [9.17, 15) is 14.0 Å². The number of carbonyl (C=O) groups is 2. The lowest BCUT2D eigenvalue weighted by molar-refractivity contribution is -0.136. The lowest BCUT2D eigenvalue weighted by Crippen LogP contribution is -2.48. The van der Waals surface area contributed by atoms with Gasteiger partial charge < -0.3 is 10.2 Å². The highest BCUT2D eigenvalue weighted by molar-refractivity contribution is 5.81. The van der Waals surface area contributed by atoms with Gasteiger partial charge in [-0.2, -0.15) is 0 Å². The molecule has 0 heterocycles. The average molecular weight is 392 g/mol. The van der Waals surface area contributed by atoms with Gasteiger partial charge in [-0.3, -0.25) is 14.5 Å². The van der Waals surface area contributed by atoms with Crippen LogP contribution in [0.15, 0.2) is 24.3 Å². The zero-order chi connectivity index (χ0) is 20.5. The van der Waals surface area contributed by atoms with E-state index >= 15 is 0 Å². The average Bonchev–Trinajstić information content (AvgIpc) is 2.66. The van der Waals surface area contributed by atoms with Crippen LogP contribution in [0.1, 0.15) is 58.4 Å². The number of rotatable bonds is 9. The Balaban J connectivity index is 2.06. The van der Waals surface area contributed by atoms with Crippen molar-refractivity contribution in [1.82, 2.24) is 15.1 Å². The summed E-state index contributed by atoms with van der Waals surface area (Å²) in [6.45, 7) is 7.36. The quantitative estimate of drug-likeness (QED) is 0.702. The van der Waals surface area contributed by atoms with E-state index in [1.807, 2.05) is 30.6 Å². The van der Waals surface area contributed by atoms with Crippen molar-refractivity contribution < 1.29 is 14.0 Å². The van der Waals surface area contributed by atoms with Crippen LogP contribution < -0.4 is 5.32 Å². The van der Waals surface area contributed by atoms with Gasteiger partial charge in [0.05, 0.1) is 13.1 Å². The molecule has 2 rings (SSSR count). The highest BCUT2D eigenvalue weighted by Gasteiger charge is 2.27. The monoisotopic (exact) mass is 391 g/mol. The first-order chi connectivity index (χ1) is 13.4. The van der Waals surface area contributed by atoms with E-state index in [1.54, 1.807) is 12.1 Å². The van der Waals surface area contributed by atoms with Crippen molar-refractivity contribution in [2.75, 3.05) is 19.6 Å². The molecule has 0 aromatic heterocycles. The molecule has 1 aliphatic carbocycles. The van der Waals surface area contributed by atoms with Gasteiger partial charge in [0, 0.05) is 18.6 Å². The van der Waals surface area contributed by atoms with Crippen LogP contribution in [0.4, 0.5) is 4.39 Å². The Labute approximate surface area is 168 Å². The summed E-state index contributed by atoms with van der Waals surface area (Å²) >= 11 is 0. The number of hydrogen-bond donors (Lipinski definition) is 1. The predicted octanol–water partition coefficient (Wildman–Crippen LogP) is 3.33. The molecule has 0 atom stereocenters. The summed E-state index contributed by atoms with van der Waals surface area (Å²) in [6.07, 6.45) is 5.49. The van der Waals surface area contributed by atoms with Crippen LogP contribution in [0.25, 0.3) is 0 Å². The molecule has 0 bridgehead atoms. The number of amides is 2. The Morgan fingerprint density at radius 1 is 1.11 bits per heavy atom. The summed E-state index contributed by atoms with van der Waals surface area (Å²) in [5.74, 6) is -0.296. The minimum absolute atomic E-state index is 0.0374. The first-order valence-electron chi connectivity index (χ1n) is 10.4. The standard InChI is InChI=1S/C22H34FN3O2/c1-4-25(15-21(27)24-17(2)3)16-22(28)26(20-8-6-5-7-9-20)14-18-10-12-19(23)13-11-18/h10-13,17,20H,4-9,14-16H2,1-3H3,(H,24,27). The Hall–Kier alpha value is -1.95. The summed E-state index contributed by atoms with van der Waals surface area (Å²) in [7, 11) is 0. The molecule has 1 N–H and O–H groups in total. The van der Waals surface area contributed by atoms with Crippen molar-refractivity contribution in [3.8, 4) is 0 Å². The van der Waals surface area contributed by atoms with E-state index in [1.165, 1.54) is 18.6 Å². The van der Waals surface area contributed by atoms with Gasteiger partial charge in [-0.05, 0) is 50.9 Å². The van der Waals surface area contributed by atoms with E-state index in [0.717, 1.165) is 31.2 Å². The van der Waals surface area contributed by atoms with E-state index in [2.05, 4.69) is 5.32 Å². The molecule has 1 aromatic carbocycles. The van der Waals surface area contributed by atoms with Crippen LogP contribution in [0.3, 0.4) is 0 Å². The number of carbonyl (C=O) groups excluding carboxylic acids is 2. The van der Waals surface area contributed by atoms with Gasteiger partial charge in [0.25, 0.3) is 0 Å². The molecule has 0 saturated heterocycles. The second kappa shape index (κ2) is 11.1. The van der Waals surface area contributed by atoms with Crippen molar-refractivity contribution in [2.24, 2.45) is 0 Å². The molecule has 1 aromatic rings. The molecule has 1 aliphatic rings. The summed E-state index contributed by atoms with van der Waals surface area (Å²) in [6, 6.07) is 6.66. The topological polar surface area (TPSA) is 52.7 Å². The fraction of sp³-hybridized carbons (Fsp3) is 0.636. The molecule has 0 spiro atoms. The zero-order valence-corrected chi connectivity index (χ0v) is 17.4. The number of nitrogens with zero attached hydrogens (tertiary/aromatic N) is 2. The van der Waals surface area contributed by atoms with Crippen LogP contribution in [-0.2, 0) is 16.1 Å². The van der Waals surface area contributed by atoms with Crippen molar-refractivity contribution in [1.29, 1.82) is 0 Å². The molecule has 0 unspecified atom stereocenters. The highest BCUT2D eigenvalue weighted by Crippen LogP contribution is 2.24. The molecule has 0 aliphatic heterocycles. The predicted molar refractivity (Wildman–Crippen MR) is 109 cm³/mol. The molecular weight excluding hydrogens is 357 g/mol. The third-order valence-corrected chi connectivity index (χ3v) is 5.22. The largest absolute Gasteiger partial charge is 0.353 e. The molecule has 0 radical (unpaired) electrons. The Bertz CT molecular complexity index is 627. The number of halogens is 1. The maximum atomic E-state index is 13.2. The summed E-state index contributed by atoms with van der Waals surface area (Å²) < 4.78 is 13.2. The molecule has 2 amide bonds. The van der Waals surface area contributed by atoms with Crippen LogP contribution in [0, 0.1) is 5.82 Å². The lowest BCUT2D eigenvalue weighted by atomic mass is 9.93. The van der Waals surface area contributed by atoms with Crippen LogP contribution >= 0.6 is 0 Å². The second-order valence-electron chi connectivity index (χ2n) is 7.97. The molecular formula is C22H34FN3O2. The highest BCUT2D eigenvalue weighted by atomic mass is 19.1. The SMILES string of the molecule is CCN(CC(=O)NC(C)C)CC(=O)N(Cc1ccc(F)cc1)C1CCCCC1. The van der Waals surface area contributed by atoms with Gasteiger partial charge in [0.15, 0.2) is 0 Å². The van der Waals surface area contributed by atoms with E-state index in [0.29, 0.717) is 13.1 Å². The smallest absolute Gasteiger partial charge is 0.237 e. The normalized spacial score (nSPS) is 15.1. The molecule has 28 heavy (non-hydrogen) atoms. The number of hydrogen-bond acceptors (Lipinski definition) is 3. The first kappa shape index (κ1) is 22.3. The van der Waals surface area contributed by atoms with Crippen molar-refractivity contribution >= 4 is 11.8 Å². The first-order valence-corrected chi connectivity index (χ1v) is 10.4. The Morgan fingerprint density at radius 2 is 1.75 bits per heavy atom. The summed E-state index contributed by atoms with van der Waals surface area (Å²) in [5.41, 5.74) is 0.931. The third kappa shape index (κ3) is 7.23. The summed E-state index contributed by atoms with van der Waals surface area (Å²) in [4.78, 5) is 29.1. The molecule has 5 nitrogen and oxygen atoms in total. The third-order valence-electron chi connectivity index (χ3n) is 5.22. The van der Waals surface area contributed by atoms with Gasteiger partial charge in [0.2, 0.25) is 11.8 Å². The number of benzene rings is 1. The molecule has 1 fully saturated rings. The fourth-order valence-electron chi connectivity index (χ4n) is 3.73. The number of likely N-dealkylation sites (N-methyl/N-ethyl adjacent to an activating group) is 1. The van der Waals surface area contributed by atoms with Crippen LogP contribution in [0.2, 0.25) is 0 Å². The maximum Gasteiger partial charge on any atom is 0.237 e.